The normalized spacial score (nSPS) is 10.9. The van der Waals surface area contributed by atoms with Crippen LogP contribution in [0.3, 0.4) is 0 Å². The average Bonchev–Trinajstić information content (AvgIpc) is 2.18. The van der Waals surface area contributed by atoms with Gasteiger partial charge in [-0.3, -0.25) is 0 Å². The molecule has 0 spiro atoms. The van der Waals surface area contributed by atoms with E-state index < -0.39 is 0 Å². The van der Waals surface area contributed by atoms with E-state index >= 15 is 0 Å². The highest BCUT2D eigenvalue weighted by Gasteiger charge is 2.11. The van der Waals surface area contributed by atoms with E-state index in [0.29, 0.717) is 16.7 Å². The quantitative estimate of drug-likeness (QED) is 0.763. The van der Waals surface area contributed by atoms with Crippen molar-refractivity contribution in [3.05, 3.63) is 39.7 Å². The first-order valence-corrected chi connectivity index (χ1v) is 5.18. The Morgan fingerprint density at radius 1 is 1.36 bits per heavy atom. The first-order chi connectivity index (χ1) is 6.66. The minimum Gasteiger partial charge on any atom is -0.385 e. The van der Waals surface area contributed by atoms with Crippen molar-refractivity contribution in [2.75, 3.05) is 13.7 Å². The van der Waals surface area contributed by atoms with Gasteiger partial charge in [-0.05, 0) is 18.1 Å². The Labute approximate surface area is 95.0 Å². The van der Waals surface area contributed by atoms with Gasteiger partial charge in [0.25, 0.3) is 0 Å². The van der Waals surface area contributed by atoms with Crippen LogP contribution >= 0.6 is 23.2 Å². The molecule has 1 rings (SSSR count). The minimum absolute atomic E-state index is 0.598. The van der Waals surface area contributed by atoms with Crippen molar-refractivity contribution in [2.24, 2.45) is 0 Å². The Balaban J connectivity index is 2.79. The SMILES string of the molecule is COCC[C](C)c1cccc(Cl)c1Cl. The zero-order valence-corrected chi connectivity index (χ0v) is 9.82. The molecule has 14 heavy (non-hydrogen) atoms. The number of ether oxygens (including phenoxy) is 1. The molecule has 1 aromatic carbocycles. The fourth-order valence-corrected chi connectivity index (χ4v) is 1.69. The fourth-order valence-electron chi connectivity index (χ4n) is 1.22. The van der Waals surface area contributed by atoms with Crippen molar-refractivity contribution >= 4 is 23.2 Å². The van der Waals surface area contributed by atoms with Gasteiger partial charge in [0.1, 0.15) is 0 Å². The van der Waals surface area contributed by atoms with Crippen LogP contribution in [0.2, 0.25) is 10.0 Å². The molecular weight excluding hydrogens is 219 g/mol. The number of methoxy groups -OCH3 is 1. The lowest BCUT2D eigenvalue weighted by atomic mass is 9.98. The molecule has 0 aliphatic heterocycles. The summed E-state index contributed by atoms with van der Waals surface area (Å²) in [5.74, 6) is 1.19. The van der Waals surface area contributed by atoms with Gasteiger partial charge in [0.2, 0.25) is 0 Å². The molecule has 1 radical (unpaired) electrons. The third kappa shape index (κ3) is 2.88. The maximum atomic E-state index is 6.07. The maximum Gasteiger partial charge on any atom is 0.0630 e. The summed E-state index contributed by atoms with van der Waals surface area (Å²) in [5.41, 5.74) is 1.01. The van der Waals surface area contributed by atoms with Gasteiger partial charge in [0, 0.05) is 19.6 Å². The van der Waals surface area contributed by atoms with Gasteiger partial charge in [-0.15, -0.1) is 0 Å². The van der Waals surface area contributed by atoms with Gasteiger partial charge in [-0.2, -0.15) is 0 Å². The second-order valence-electron chi connectivity index (χ2n) is 3.12. The highest BCUT2D eigenvalue weighted by molar-refractivity contribution is 6.42. The Bertz CT molecular complexity index is 299. The summed E-state index contributed by atoms with van der Waals surface area (Å²) in [6, 6.07) is 5.66. The Kier molecular flexibility index (Phi) is 4.73. The van der Waals surface area contributed by atoms with Gasteiger partial charge < -0.3 is 4.74 Å². The zero-order chi connectivity index (χ0) is 10.6. The molecule has 0 atom stereocenters. The van der Waals surface area contributed by atoms with Crippen molar-refractivity contribution in [1.29, 1.82) is 0 Å². The highest BCUT2D eigenvalue weighted by Crippen LogP contribution is 2.31. The largest absolute Gasteiger partial charge is 0.385 e. The van der Waals surface area contributed by atoms with Crippen LogP contribution in [0.25, 0.3) is 0 Å². The fraction of sp³-hybridized carbons (Fsp3) is 0.364. The lowest BCUT2D eigenvalue weighted by molar-refractivity contribution is 0.199. The molecule has 0 amide bonds. The van der Waals surface area contributed by atoms with Crippen LogP contribution in [-0.4, -0.2) is 13.7 Å². The van der Waals surface area contributed by atoms with E-state index in [4.69, 9.17) is 27.9 Å². The standard InChI is InChI=1S/C11H13Cl2O/c1-8(6-7-14-2)9-4-3-5-10(12)11(9)13/h3-5H,6-7H2,1-2H3. The van der Waals surface area contributed by atoms with E-state index in [0.717, 1.165) is 12.0 Å². The van der Waals surface area contributed by atoms with Crippen molar-refractivity contribution in [1.82, 2.24) is 0 Å². The Morgan fingerprint density at radius 2 is 2.07 bits per heavy atom. The first kappa shape index (κ1) is 11.8. The number of hydrogen-bond donors (Lipinski definition) is 0. The number of hydrogen-bond acceptors (Lipinski definition) is 1. The van der Waals surface area contributed by atoms with E-state index in [9.17, 15) is 0 Å². The molecule has 77 valence electrons. The van der Waals surface area contributed by atoms with E-state index in [2.05, 4.69) is 0 Å². The second-order valence-corrected chi connectivity index (χ2v) is 3.91. The molecule has 0 fully saturated rings. The average molecular weight is 232 g/mol. The molecule has 0 bridgehead atoms. The molecule has 1 aromatic rings. The van der Waals surface area contributed by atoms with Crippen LogP contribution in [0.5, 0.6) is 0 Å². The van der Waals surface area contributed by atoms with Crippen LogP contribution in [0.1, 0.15) is 18.9 Å². The molecule has 0 N–H and O–H groups in total. The first-order valence-electron chi connectivity index (χ1n) is 4.42. The molecule has 3 heteroatoms. The summed E-state index contributed by atoms with van der Waals surface area (Å²) in [7, 11) is 1.69. The summed E-state index contributed by atoms with van der Waals surface area (Å²) < 4.78 is 5.01. The van der Waals surface area contributed by atoms with Gasteiger partial charge >= 0.3 is 0 Å². The van der Waals surface area contributed by atoms with Crippen molar-refractivity contribution in [2.45, 2.75) is 13.3 Å². The molecule has 0 saturated heterocycles. The third-order valence-corrected chi connectivity index (χ3v) is 2.91. The predicted molar refractivity (Wildman–Crippen MR) is 61.0 cm³/mol. The van der Waals surface area contributed by atoms with Gasteiger partial charge in [-0.1, -0.05) is 42.3 Å². The zero-order valence-electron chi connectivity index (χ0n) is 8.31. The van der Waals surface area contributed by atoms with E-state index in [1.807, 2.05) is 19.1 Å². The molecule has 0 aromatic heterocycles. The second kappa shape index (κ2) is 5.59. The monoisotopic (exact) mass is 231 g/mol. The minimum atomic E-state index is 0.598. The molecule has 0 saturated carbocycles. The van der Waals surface area contributed by atoms with Gasteiger partial charge in [0.15, 0.2) is 0 Å². The van der Waals surface area contributed by atoms with Crippen LogP contribution in [0.4, 0.5) is 0 Å². The van der Waals surface area contributed by atoms with Gasteiger partial charge in [0.05, 0.1) is 10.0 Å². The van der Waals surface area contributed by atoms with E-state index in [1.165, 1.54) is 5.92 Å². The smallest absolute Gasteiger partial charge is 0.0630 e. The summed E-state index contributed by atoms with van der Waals surface area (Å²) in [6.07, 6.45) is 0.872. The summed E-state index contributed by atoms with van der Waals surface area (Å²) >= 11 is 12.0. The number of rotatable bonds is 4. The lowest BCUT2D eigenvalue weighted by Crippen LogP contribution is -2.00. The number of benzene rings is 1. The third-order valence-electron chi connectivity index (χ3n) is 2.09. The van der Waals surface area contributed by atoms with E-state index in [-0.39, 0.29) is 0 Å². The van der Waals surface area contributed by atoms with Crippen molar-refractivity contribution in [3.63, 3.8) is 0 Å². The Morgan fingerprint density at radius 3 is 2.71 bits per heavy atom. The molecule has 0 unspecified atom stereocenters. The van der Waals surface area contributed by atoms with E-state index in [1.54, 1.807) is 13.2 Å². The molecule has 0 heterocycles. The topological polar surface area (TPSA) is 9.23 Å². The molecule has 0 aliphatic rings. The van der Waals surface area contributed by atoms with Crippen molar-refractivity contribution in [3.8, 4) is 0 Å². The summed E-state index contributed by atoms with van der Waals surface area (Å²) in [4.78, 5) is 0. The van der Waals surface area contributed by atoms with Gasteiger partial charge in [-0.25, -0.2) is 0 Å². The van der Waals surface area contributed by atoms with Crippen LogP contribution in [-0.2, 0) is 4.74 Å². The summed E-state index contributed by atoms with van der Waals surface area (Å²) in [6.45, 7) is 2.74. The Hall–Kier alpha value is -0.240. The molecular formula is C11H13Cl2O. The van der Waals surface area contributed by atoms with Crippen LogP contribution < -0.4 is 0 Å². The predicted octanol–water partition coefficient (Wildman–Crippen LogP) is 3.97. The van der Waals surface area contributed by atoms with Crippen molar-refractivity contribution < 1.29 is 4.74 Å². The maximum absolute atomic E-state index is 6.07. The number of halogens is 2. The molecule has 1 nitrogen and oxygen atoms in total. The van der Waals surface area contributed by atoms with Crippen LogP contribution in [0.15, 0.2) is 18.2 Å². The molecule has 0 aliphatic carbocycles. The summed E-state index contributed by atoms with van der Waals surface area (Å²) in [5, 5.41) is 1.23. The van der Waals surface area contributed by atoms with Crippen LogP contribution in [0, 0.1) is 5.92 Å². The highest BCUT2D eigenvalue weighted by atomic mass is 35.5. The lowest BCUT2D eigenvalue weighted by Gasteiger charge is -2.12.